The Morgan fingerprint density at radius 2 is 1.25 bits per heavy atom. The summed E-state index contributed by atoms with van der Waals surface area (Å²) in [5.74, 6) is 1.78. The smallest absolute Gasteiger partial charge is 0.123 e. The van der Waals surface area contributed by atoms with E-state index in [0.29, 0.717) is 13.2 Å². The number of hydrogen-bond acceptors (Lipinski definition) is 5. The molecule has 2 aromatic rings. The van der Waals surface area contributed by atoms with Gasteiger partial charge >= 0.3 is 0 Å². The molecule has 32 heavy (non-hydrogen) atoms. The first-order valence-electron chi connectivity index (χ1n) is 11.9. The van der Waals surface area contributed by atoms with E-state index < -0.39 is 10.8 Å². The number of hydrogen-bond donors (Lipinski definition) is 0. The van der Waals surface area contributed by atoms with Gasteiger partial charge in [-0.25, -0.2) is 4.21 Å². The van der Waals surface area contributed by atoms with Crippen LogP contribution in [0.25, 0.3) is 11.1 Å². The summed E-state index contributed by atoms with van der Waals surface area (Å²) in [6.07, 6.45) is 6.64. The fraction of sp³-hybridized carbons (Fsp3) is 0.538. The van der Waals surface area contributed by atoms with Gasteiger partial charge in [0.1, 0.15) is 36.9 Å². The topological polar surface area (TPSA) is 60.6 Å². The molecule has 0 saturated carbocycles. The third kappa shape index (κ3) is 4.73. The number of ether oxygens (including phenoxy) is 4. The van der Waals surface area contributed by atoms with Gasteiger partial charge in [0.25, 0.3) is 0 Å². The Hall–Kier alpha value is -1.89. The maximum atomic E-state index is 13.5. The van der Waals surface area contributed by atoms with Gasteiger partial charge in [0.15, 0.2) is 0 Å². The van der Waals surface area contributed by atoms with Crippen LogP contribution in [0.1, 0.15) is 50.7 Å². The summed E-state index contributed by atoms with van der Waals surface area (Å²) in [6, 6.07) is 8.39. The van der Waals surface area contributed by atoms with Crippen molar-refractivity contribution in [3.05, 3.63) is 35.4 Å². The molecule has 2 atom stereocenters. The van der Waals surface area contributed by atoms with E-state index in [1.165, 1.54) is 0 Å². The van der Waals surface area contributed by atoms with Gasteiger partial charge in [0.05, 0.1) is 33.8 Å². The monoisotopic (exact) mass is 456 g/mol. The van der Waals surface area contributed by atoms with Crippen LogP contribution >= 0.6 is 0 Å². The molecule has 3 heterocycles. The van der Waals surface area contributed by atoms with Crippen molar-refractivity contribution in [3.8, 4) is 22.6 Å². The van der Waals surface area contributed by atoms with E-state index in [0.717, 1.165) is 95.3 Å². The van der Waals surface area contributed by atoms with Gasteiger partial charge in [0, 0.05) is 11.1 Å². The lowest BCUT2D eigenvalue weighted by Gasteiger charge is -2.14. The number of unbranched alkanes of at least 4 members (excludes halogenated alkanes) is 2. The van der Waals surface area contributed by atoms with Crippen molar-refractivity contribution in [2.24, 2.45) is 0 Å². The molecule has 6 heteroatoms. The van der Waals surface area contributed by atoms with Crippen LogP contribution < -0.4 is 9.47 Å². The molecule has 0 aliphatic carbocycles. The maximum Gasteiger partial charge on any atom is 0.123 e. The first-order valence-corrected chi connectivity index (χ1v) is 13.1. The molecule has 2 fully saturated rings. The van der Waals surface area contributed by atoms with Crippen LogP contribution in [-0.4, -0.2) is 42.8 Å². The standard InChI is InChI=1S/C26H32O5S/c1-3-5-7-17-9-25-21(11-23(17)30-15-19-13-28-19)22-12-24(31-16-20-14-29-20)18(8-6-4-2)10-26(22)32(25)27/h9-12,19-20H,3-8,13-16H2,1-2H3. The second-order valence-electron chi connectivity index (χ2n) is 8.92. The van der Waals surface area contributed by atoms with Crippen LogP contribution in [0.5, 0.6) is 11.5 Å². The molecule has 0 aromatic heterocycles. The van der Waals surface area contributed by atoms with Crippen LogP contribution in [0.15, 0.2) is 34.1 Å². The first-order chi connectivity index (χ1) is 15.7. The van der Waals surface area contributed by atoms with E-state index in [1.54, 1.807) is 0 Å². The van der Waals surface area contributed by atoms with Crippen LogP contribution in [0.4, 0.5) is 0 Å². The molecule has 0 spiro atoms. The summed E-state index contributed by atoms with van der Waals surface area (Å²) in [4.78, 5) is 1.79. The number of aryl methyl sites for hydroxylation is 2. The lowest BCUT2D eigenvalue weighted by Crippen LogP contribution is -2.07. The van der Waals surface area contributed by atoms with Crippen molar-refractivity contribution in [1.82, 2.24) is 0 Å². The largest absolute Gasteiger partial charge is 0.490 e. The van der Waals surface area contributed by atoms with Crippen LogP contribution in [0.3, 0.4) is 0 Å². The van der Waals surface area contributed by atoms with Crippen molar-refractivity contribution in [2.45, 2.75) is 74.4 Å². The lowest BCUT2D eigenvalue weighted by molar-refractivity contribution is 0.260. The zero-order chi connectivity index (χ0) is 22.1. The van der Waals surface area contributed by atoms with Crippen LogP contribution in [-0.2, 0) is 33.1 Å². The average Bonchev–Trinajstić information content (AvgIpc) is 3.73. The van der Waals surface area contributed by atoms with E-state index in [1.807, 2.05) is 0 Å². The summed E-state index contributed by atoms with van der Waals surface area (Å²) in [5.41, 5.74) is 4.28. The predicted molar refractivity (Wildman–Crippen MR) is 124 cm³/mol. The van der Waals surface area contributed by atoms with E-state index in [9.17, 15) is 4.21 Å². The van der Waals surface area contributed by atoms with Gasteiger partial charge < -0.3 is 18.9 Å². The molecule has 0 N–H and O–H groups in total. The highest BCUT2D eigenvalue weighted by Gasteiger charge is 2.31. The van der Waals surface area contributed by atoms with Crippen molar-refractivity contribution < 1.29 is 23.2 Å². The number of epoxide rings is 2. The molecule has 2 unspecified atom stereocenters. The summed E-state index contributed by atoms with van der Waals surface area (Å²) < 4.78 is 36.5. The SMILES string of the molecule is CCCCc1cc2c(cc1OCC1CO1)-c1cc(OCC3CO3)c(CCCC)cc1S2=O. The number of fused-ring (bicyclic) bond motifs is 3. The minimum Gasteiger partial charge on any atom is -0.490 e. The number of benzene rings is 2. The Labute approximate surface area is 192 Å². The Kier molecular flexibility index (Phi) is 6.54. The normalized spacial score (nSPS) is 22.4. The summed E-state index contributed by atoms with van der Waals surface area (Å²) in [6.45, 7) is 7.05. The molecule has 0 radical (unpaired) electrons. The molecule has 3 aliphatic rings. The Morgan fingerprint density at radius 1 is 0.812 bits per heavy atom. The van der Waals surface area contributed by atoms with E-state index >= 15 is 0 Å². The van der Waals surface area contributed by atoms with Gasteiger partial charge in [-0.3, -0.25) is 0 Å². The summed E-state index contributed by atoms with van der Waals surface area (Å²) in [7, 11) is -1.18. The van der Waals surface area contributed by atoms with Crippen molar-refractivity contribution in [1.29, 1.82) is 0 Å². The van der Waals surface area contributed by atoms with E-state index in [4.69, 9.17) is 18.9 Å². The zero-order valence-corrected chi connectivity index (χ0v) is 19.8. The highest BCUT2D eigenvalue weighted by Crippen LogP contribution is 2.46. The minimum absolute atomic E-state index is 0.203. The first kappa shape index (κ1) is 21.9. The third-order valence-corrected chi connectivity index (χ3v) is 7.74. The second kappa shape index (κ2) is 9.54. The predicted octanol–water partition coefficient (Wildman–Crippen LogP) is 5.07. The van der Waals surface area contributed by atoms with Crippen molar-refractivity contribution in [2.75, 3.05) is 26.4 Å². The van der Waals surface area contributed by atoms with Crippen LogP contribution in [0.2, 0.25) is 0 Å². The molecule has 5 nitrogen and oxygen atoms in total. The minimum atomic E-state index is -1.18. The molecule has 0 amide bonds. The van der Waals surface area contributed by atoms with Crippen molar-refractivity contribution >= 4 is 10.8 Å². The van der Waals surface area contributed by atoms with Gasteiger partial charge in [0.2, 0.25) is 0 Å². The second-order valence-corrected chi connectivity index (χ2v) is 10.3. The molecule has 5 rings (SSSR count). The fourth-order valence-electron chi connectivity index (χ4n) is 4.14. The Balaban J connectivity index is 1.51. The summed E-state index contributed by atoms with van der Waals surface area (Å²) in [5, 5.41) is 0. The maximum absolute atomic E-state index is 13.5. The molecule has 2 aromatic carbocycles. The van der Waals surface area contributed by atoms with Gasteiger partial charge in [-0.1, -0.05) is 26.7 Å². The van der Waals surface area contributed by atoms with Gasteiger partial charge in [-0.05, 0) is 61.1 Å². The third-order valence-electron chi connectivity index (χ3n) is 6.27. The summed E-state index contributed by atoms with van der Waals surface area (Å²) >= 11 is 0. The highest BCUT2D eigenvalue weighted by atomic mass is 32.2. The molecule has 0 bridgehead atoms. The van der Waals surface area contributed by atoms with E-state index in [-0.39, 0.29) is 12.2 Å². The lowest BCUT2D eigenvalue weighted by atomic mass is 9.98. The van der Waals surface area contributed by atoms with Crippen molar-refractivity contribution in [3.63, 3.8) is 0 Å². The van der Waals surface area contributed by atoms with Gasteiger partial charge in [-0.15, -0.1) is 0 Å². The molecular weight excluding hydrogens is 424 g/mol. The quantitative estimate of drug-likeness (QED) is 0.356. The average molecular weight is 457 g/mol. The molecule has 2 saturated heterocycles. The Bertz CT molecular complexity index is 930. The zero-order valence-electron chi connectivity index (χ0n) is 19.0. The van der Waals surface area contributed by atoms with Crippen LogP contribution in [0, 0.1) is 0 Å². The molecule has 3 aliphatic heterocycles. The van der Waals surface area contributed by atoms with E-state index in [2.05, 4.69) is 38.1 Å². The Morgan fingerprint density at radius 3 is 1.62 bits per heavy atom. The number of rotatable bonds is 12. The fourth-order valence-corrected chi connectivity index (χ4v) is 5.61. The highest BCUT2D eigenvalue weighted by molar-refractivity contribution is 7.85. The molecule has 172 valence electrons. The van der Waals surface area contributed by atoms with Gasteiger partial charge in [-0.2, -0.15) is 0 Å². The molecular formula is C26H32O5S.